The van der Waals surface area contributed by atoms with Gasteiger partial charge in [0.05, 0.1) is 12.7 Å². The molecule has 0 bridgehead atoms. The predicted octanol–water partition coefficient (Wildman–Crippen LogP) is 1.25. The van der Waals surface area contributed by atoms with Crippen LogP contribution < -0.4 is 15.4 Å². The normalized spacial score (nSPS) is 23.5. The molecule has 0 heterocycles. The van der Waals surface area contributed by atoms with E-state index in [1.807, 2.05) is 0 Å². The zero-order valence-corrected chi connectivity index (χ0v) is 17.1. The lowest BCUT2D eigenvalue weighted by molar-refractivity contribution is -0.142. The van der Waals surface area contributed by atoms with Crippen molar-refractivity contribution in [1.82, 2.24) is 10.6 Å². The fourth-order valence-corrected chi connectivity index (χ4v) is 3.39. The van der Waals surface area contributed by atoms with Crippen LogP contribution in [0.5, 0.6) is 5.75 Å². The fourth-order valence-electron chi connectivity index (χ4n) is 3.39. The molecule has 0 radical (unpaired) electrons. The SMILES string of the molecule is COc1ccc(C[C@H](NC(=O)[C@@H](C)NC(=O)[C@H]2CC[C@@](C)(O)CC2)C(=O)O)cc1. The van der Waals surface area contributed by atoms with E-state index < -0.39 is 29.6 Å². The molecule has 160 valence electrons. The first-order valence-corrected chi connectivity index (χ1v) is 9.80. The second kappa shape index (κ2) is 9.73. The number of hydrogen-bond acceptors (Lipinski definition) is 5. The number of rotatable bonds is 8. The van der Waals surface area contributed by atoms with E-state index in [0.717, 1.165) is 5.56 Å². The second-order valence-corrected chi connectivity index (χ2v) is 7.95. The average Bonchev–Trinajstić information content (AvgIpc) is 2.67. The van der Waals surface area contributed by atoms with Gasteiger partial charge in [-0.15, -0.1) is 0 Å². The van der Waals surface area contributed by atoms with Crippen molar-refractivity contribution in [3.05, 3.63) is 29.8 Å². The van der Waals surface area contributed by atoms with Gasteiger partial charge in [-0.1, -0.05) is 12.1 Å². The Morgan fingerprint density at radius 1 is 1.17 bits per heavy atom. The summed E-state index contributed by atoms with van der Waals surface area (Å²) in [6, 6.07) is 4.96. The van der Waals surface area contributed by atoms with Crippen molar-refractivity contribution in [2.75, 3.05) is 7.11 Å². The molecule has 1 aromatic rings. The van der Waals surface area contributed by atoms with Gasteiger partial charge in [-0.2, -0.15) is 0 Å². The summed E-state index contributed by atoms with van der Waals surface area (Å²) in [7, 11) is 1.54. The maximum absolute atomic E-state index is 12.4. The van der Waals surface area contributed by atoms with E-state index in [4.69, 9.17) is 4.74 Å². The largest absolute Gasteiger partial charge is 0.497 e. The minimum Gasteiger partial charge on any atom is -0.497 e. The third kappa shape index (κ3) is 6.74. The van der Waals surface area contributed by atoms with Crippen LogP contribution in [0, 0.1) is 5.92 Å². The van der Waals surface area contributed by atoms with Crippen LogP contribution in [-0.2, 0) is 20.8 Å². The number of methoxy groups -OCH3 is 1. The van der Waals surface area contributed by atoms with E-state index >= 15 is 0 Å². The molecule has 1 fully saturated rings. The Kier molecular flexibility index (Phi) is 7.61. The van der Waals surface area contributed by atoms with E-state index in [1.165, 1.54) is 6.92 Å². The molecule has 2 rings (SSSR count). The molecule has 0 saturated heterocycles. The summed E-state index contributed by atoms with van der Waals surface area (Å²) in [6.45, 7) is 3.28. The maximum atomic E-state index is 12.4. The molecule has 2 amide bonds. The molecule has 1 aromatic carbocycles. The third-order valence-corrected chi connectivity index (χ3v) is 5.40. The standard InChI is InChI=1S/C21H30N2O6/c1-13(22-19(25)15-8-10-21(2,28)11-9-15)18(24)23-17(20(26)27)12-14-4-6-16(29-3)7-5-14/h4-7,13,15,17,28H,8-12H2,1-3H3,(H,22,25)(H,23,24)(H,26,27)/t13-,15-,17+,21+/m1/s1. The minimum absolute atomic E-state index is 0.115. The molecular weight excluding hydrogens is 376 g/mol. The van der Waals surface area contributed by atoms with E-state index in [-0.39, 0.29) is 18.2 Å². The van der Waals surface area contributed by atoms with E-state index in [1.54, 1.807) is 38.3 Å². The van der Waals surface area contributed by atoms with Crippen molar-refractivity contribution >= 4 is 17.8 Å². The Hall–Kier alpha value is -2.61. The highest BCUT2D eigenvalue weighted by molar-refractivity contribution is 5.90. The van der Waals surface area contributed by atoms with Gasteiger partial charge >= 0.3 is 5.97 Å². The second-order valence-electron chi connectivity index (χ2n) is 7.95. The molecule has 0 aromatic heterocycles. The maximum Gasteiger partial charge on any atom is 0.326 e. The van der Waals surface area contributed by atoms with E-state index in [2.05, 4.69) is 10.6 Å². The molecule has 8 nitrogen and oxygen atoms in total. The Bertz CT molecular complexity index is 721. The van der Waals surface area contributed by atoms with Crippen LogP contribution >= 0.6 is 0 Å². The first-order valence-electron chi connectivity index (χ1n) is 9.80. The quantitative estimate of drug-likeness (QED) is 0.515. The number of nitrogens with one attached hydrogen (secondary N) is 2. The van der Waals surface area contributed by atoms with E-state index in [0.29, 0.717) is 31.4 Å². The number of carbonyl (C=O) groups excluding carboxylic acids is 2. The number of carboxylic acid groups (broad SMARTS) is 1. The molecule has 0 unspecified atom stereocenters. The van der Waals surface area contributed by atoms with Gasteiger partial charge in [0.2, 0.25) is 11.8 Å². The molecule has 1 saturated carbocycles. The van der Waals surface area contributed by atoms with Gasteiger partial charge in [-0.25, -0.2) is 4.79 Å². The van der Waals surface area contributed by atoms with Gasteiger partial charge in [-0.05, 0) is 57.2 Å². The number of aliphatic hydroxyl groups is 1. The molecule has 8 heteroatoms. The summed E-state index contributed by atoms with van der Waals surface area (Å²) in [5.41, 5.74) is 0.0000859. The van der Waals surface area contributed by atoms with Crippen molar-refractivity contribution in [2.45, 2.75) is 63.6 Å². The summed E-state index contributed by atoms with van der Waals surface area (Å²) >= 11 is 0. The smallest absolute Gasteiger partial charge is 0.326 e. The van der Waals surface area contributed by atoms with Gasteiger partial charge in [0.15, 0.2) is 0 Å². The first-order chi connectivity index (χ1) is 13.6. The van der Waals surface area contributed by atoms with Gasteiger partial charge < -0.3 is 25.6 Å². The monoisotopic (exact) mass is 406 g/mol. The number of amides is 2. The zero-order chi connectivity index (χ0) is 21.6. The molecule has 29 heavy (non-hydrogen) atoms. The van der Waals surface area contributed by atoms with Crippen LogP contribution in [0.15, 0.2) is 24.3 Å². The summed E-state index contributed by atoms with van der Waals surface area (Å²) < 4.78 is 5.08. The first kappa shape index (κ1) is 22.7. The Morgan fingerprint density at radius 2 is 1.76 bits per heavy atom. The van der Waals surface area contributed by atoms with Gasteiger partial charge in [-0.3, -0.25) is 9.59 Å². The lowest BCUT2D eigenvalue weighted by atomic mass is 9.79. The lowest BCUT2D eigenvalue weighted by Gasteiger charge is -2.32. The number of carboxylic acids is 1. The summed E-state index contributed by atoms with van der Waals surface area (Å²) in [4.78, 5) is 36.4. The highest BCUT2D eigenvalue weighted by Crippen LogP contribution is 2.31. The summed E-state index contributed by atoms with van der Waals surface area (Å²) in [5.74, 6) is -1.54. The van der Waals surface area contributed by atoms with Crippen molar-refractivity contribution in [1.29, 1.82) is 0 Å². The minimum atomic E-state index is -1.15. The van der Waals surface area contributed by atoms with Crippen molar-refractivity contribution in [3.63, 3.8) is 0 Å². The predicted molar refractivity (Wildman–Crippen MR) is 106 cm³/mol. The zero-order valence-electron chi connectivity index (χ0n) is 17.1. The molecule has 0 aliphatic heterocycles. The van der Waals surface area contributed by atoms with Crippen molar-refractivity contribution in [2.24, 2.45) is 5.92 Å². The highest BCUT2D eigenvalue weighted by Gasteiger charge is 2.33. The van der Waals surface area contributed by atoms with Gasteiger partial charge in [0, 0.05) is 12.3 Å². The third-order valence-electron chi connectivity index (χ3n) is 5.40. The van der Waals surface area contributed by atoms with Crippen LogP contribution in [0.3, 0.4) is 0 Å². The average molecular weight is 406 g/mol. The van der Waals surface area contributed by atoms with Crippen LogP contribution in [-0.4, -0.2) is 52.8 Å². The number of carbonyl (C=O) groups is 3. The number of hydrogen-bond donors (Lipinski definition) is 4. The Labute approximate surface area is 170 Å². The highest BCUT2D eigenvalue weighted by atomic mass is 16.5. The number of benzene rings is 1. The topological polar surface area (TPSA) is 125 Å². The molecule has 1 aliphatic carbocycles. The summed E-state index contributed by atoms with van der Waals surface area (Å²) in [5, 5.41) is 24.6. The molecular formula is C21H30N2O6. The summed E-state index contributed by atoms with van der Waals surface area (Å²) in [6.07, 6.45) is 2.30. The van der Waals surface area contributed by atoms with Crippen molar-refractivity contribution in [3.8, 4) is 5.75 Å². The number of aliphatic carboxylic acids is 1. The van der Waals surface area contributed by atoms with Crippen LogP contribution in [0.4, 0.5) is 0 Å². The molecule has 0 spiro atoms. The van der Waals surface area contributed by atoms with Crippen molar-refractivity contribution < 1.29 is 29.3 Å². The Balaban J connectivity index is 1.89. The van der Waals surface area contributed by atoms with Crippen LogP contribution in [0.1, 0.15) is 45.1 Å². The van der Waals surface area contributed by atoms with Gasteiger partial charge in [0.25, 0.3) is 0 Å². The molecule has 1 aliphatic rings. The fraction of sp³-hybridized carbons (Fsp3) is 0.571. The molecule has 4 N–H and O–H groups in total. The molecule has 2 atom stereocenters. The van der Waals surface area contributed by atoms with E-state index in [9.17, 15) is 24.6 Å². The Morgan fingerprint density at radius 3 is 2.28 bits per heavy atom. The van der Waals surface area contributed by atoms with Gasteiger partial charge in [0.1, 0.15) is 17.8 Å². The number of ether oxygens (including phenoxy) is 1. The van der Waals surface area contributed by atoms with Crippen LogP contribution in [0.25, 0.3) is 0 Å². The lowest BCUT2D eigenvalue weighted by Crippen LogP contribution is -2.52. The van der Waals surface area contributed by atoms with Crippen LogP contribution in [0.2, 0.25) is 0 Å².